The van der Waals surface area contributed by atoms with Gasteiger partial charge in [0.05, 0.1) is 15.7 Å². The molecule has 0 saturated carbocycles. The largest absolute Gasteiger partial charge is 0.416 e. The van der Waals surface area contributed by atoms with Crippen LogP contribution in [-0.4, -0.2) is 26.8 Å². The van der Waals surface area contributed by atoms with E-state index in [4.69, 9.17) is 0 Å². The van der Waals surface area contributed by atoms with Crippen molar-refractivity contribution in [1.82, 2.24) is 5.32 Å². The van der Waals surface area contributed by atoms with Crippen molar-refractivity contribution in [1.29, 1.82) is 0 Å². The average Bonchev–Trinajstić information content (AvgIpc) is 2.39. The number of sulfone groups is 1. The molecular formula is C13H18F3NO2S. The molecule has 1 rings (SSSR count). The highest BCUT2D eigenvalue weighted by atomic mass is 32.2. The Hall–Kier alpha value is -1.08. The summed E-state index contributed by atoms with van der Waals surface area (Å²) in [6.45, 7) is 3.32. The van der Waals surface area contributed by atoms with Gasteiger partial charge in [0.15, 0.2) is 9.84 Å². The molecule has 0 radical (unpaired) electrons. The minimum absolute atomic E-state index is 0.298. The quantitative estimate of drug-likeness (QED) is 0.910. The number of rotatable bonds is 5. The second kappa shape index (κ2) is 6.13. The van der Waals surface area contributed by atoms with Crippen molar-refractivity contribution in [2.45, 2.75) is 42.6 Å². The molecule has 3 nitrogen and oxygen atoms in total. The van der Waals surface area contributed by atoms with Crippen LogP contribution in [0.3, 0.4) is 0 Å². The third-order valence-electron chi connectivity index (χ3n) is 3.36. The molecule has 0 spiro atoms. The highest BCUT2D eigenvalue weighted by molar-refractivity contribution is 7.92. The second-order valence-corrected chi connectivity index (χ2v) is 6.88. The zero-order chi connectivity index (χ0) is 15.6. The van der Waals surface area contributed by atoms with Gasteiger partial charge in [0.1, 0.15) is 0 Å². The maximum absolute atomic E-state index is 12.6. The van der Waals surface area contributed by atoms with Crippen LogP contribution in [-0.2, 0) is 16.0 Å². The molecule has 1 aromatic rings. The topological polar surface area (TPSA) is 46.2 Å². The Morgan fingerprint density at radius 1 is 1.30 bits per heavy atom. The zero-order valence-electron chi connectivity index (χ0n) is 11.5. The third-order valence-corrected chi connectivity index (χ3v) is 5.58. The Morgan fingerprint density at radius 2 is 1.90 bits per heavy atom. The Morgan fingerprint density at radius 3 is 2.35 bits per heavy atom. The number of halogens is 3. The van der Waals surface area contributed by atoms with Gasteiger partial charge in [0.25, 0.3) is 0 Å². The van der Waals surface area contributed by atoms with Crippen LogP contribution in [0.2, 0.25) is 0 Å². The average molecular weight is 309 g/mol. The molecule has 0 aliphatic carbocycles. The molecule has 0 fully saturated rings. The van der Waals surface area contributed by atoms with Gasteiger partial charge in [0.2, 0.25) is 0 Å². The fourth-order valence-electron chi connectivity index (χ4n) is 2.05. The van der Waals surface area contributed by atoms with Crippen LogP contribution in [0, 0.1) is 0 Å². The van der Waals surface area contributed by atoms with Gasteiger partial charge in [0, 0.05) is 6.04 Å². The monoisotopic (exact) mass is 309 g/mol. The van der Waals surface area contributed by atoms with E-state index in [1.54, 1.807) is 7.05 Å². The molecule has 0 aliphatic heterocycles. The summed E-state index contributed by atoms with van der Waals surface area (Å²) in [5.41, 5.74) is -0.955. The summed E-state index contributed by atoms with van der Waals surface area (Å²) in [6.07, 6.45) is -3.99. The first-order valence-electron chi connectivity index (χ1n) is 6.23. The summed E-state index contributed by atoms with van der Waals surface area (Å²) >= 11 is 0. The van der Waals surface area contributed by atoms with Gasteiger partial charge in [-0.2, -0.15) is 13.2 Å². The van der Waals surface area contributed by atoms with Gasteiger partial charge in [-0.3, -0.25) is 0 Å². The summed E-state index contributed by atoms with van der Waals surface area (Å²) in [4.78, 5) is -0.298. The molecule has 114 valence electrons. The predicted octanol–water partition coefficient (Wildman–Crippen LogP) is 2.87. The Balaban J connectivity index is 3.23. The molecule has 20 heavy (non-hydrogen) atoms. The fraction of sp³-hybridized carbons (Fsp3) is 0.538. The summed E-state index contributed by atoms with van der Waals surface area (Å²) in [5.74, 6) is 0. The molecule has 0 saturated heterocycles. The van der Waals surface area contributed by atoms with Crippen molar-refractivity contribution in [3.05, 3.63) is 29.8 Å². The molecule has 2 atom stereocenters. The van der Waals surface area contributed by atoms with Crippen molar-refractivity contribution in [3.63, 3.8) is 0 Å². The normalized spacial score (nSPS) is 15.9. The van der Waals surface area contributed by atoms with Gasteiger partial charge >= 0.3 is 6.18 Å². The zero-order valence-corrected chi connectivity index (χ0v) is 12.3. The number of hydrogen-bond acceptors (Lipinski definition) is 3. The smallest absolute Gasteiger partial charge is 0.316 e. The van der Waals surface area contributed by atoms with E-state index in [0.717, 1.165) is 12.1 Å². The van der Waals surface area contributed by atoms with E-state index in [2.05, 4.69) is 5.32 Å². The Kier molecular flexibility index (Phi) is 5.21. The lowest BCUT2D eigenvalue weighted by atomic mass is 10.2. The van der Waals surface area contributed by atoms with E-state index >= 15 is 0 Å². The lowest BCUT2D eigenvalue weighted by Gasteiger charge is -2.22. The van der Waals surface area contributed by atoms with Crippen LogP contribution in [0.5, 0.6) is 0 Å². The van der Waals surface area contributed by atoms with Gasteiger partial charge in [-0.1, -0.05) is 13.0 Å². The second-order valence-electron chi connectivity index (χ2n) is 4.58. The van der Waals surface area contributed by atoms with Crippen LogP contribution in [0.15, 0.2) is 29.2 Å². The third kappa shape index (κ3) is 3.52. The first kappa shape index (κ1) is 17.0. The van der Waals surface area contributed by atoms with E-state index < -0.39 is 26.8 Å². The molecule has 0 aromatic heterocycles. The maximum atomic E-state index is 12.6. The van der Waals surface area contributed by atoms with E-state index in [9.17, 15) is 21.6 Å². The van der Waals surface area contributed by atoms with Crippen LogP contribution in [0.25, 0.3) is 0 Å². The van der Waals surface area contributed by atoms with Crippen molar-refractivity contribution in [2.24, 2.45) is 0 Å². The molecule has 7 heteroatoms. The van der Waals surface area contributed by atoms with Crippen LogP contribution >= 0.6 is 0 Å². The summed E-state index contributed by atoms with van der Waals surface area (Å²) < 4.78 is 62.6. The van der Waals surface area contributed by atoms with Crippen LogP contribution in [0.4, 0.5) is 13.2 Å². The van der Waals surface area contributed by atoms with E-state index in [0.29, 0.717) is 12.5 Å². The summed E-state index contributed by atoms with van der Waals surface area (Å²) in [6, 6.07) is 3.55. The first-order valence-corrected chi connectivity index (χ1v) is 7.77. The SMILES string of the molecule is CCC(NC)C(C)S(=O)(=O)c1cccc(C(F)(F)F)c1. The Labute approximate surface area is 117 Å². The maximum Gasteiger partial charge on any atom is 0.416 e. The van der Waals surface area contributed by atoms with Crippen LogP contribution in [0.1, 0.15) is 25.8 Å². The highest BCUT2D eigenvalue weighted by Gasteiger charge is 2.34. The van der Waals surface area contributed by atoms with Gasteiger partial charge in [-0.25, -0.2) is 8.42 Å². The standard InChI is InChI=1S/C13H18F3NO2S/c1-4-12(17-3)9(2)20(18,19)11-7-5-6-10(8-11)13(14,15)16/h5-9,12,17H,4H2,1-3H3. The first-order chi connectivity index (χ1) is 9.14. The van der Waals surface area contributed by atoms with Crippen molar-refractivity contribution in [3.8, 4) is 0 Å². The lowest BCUT2D eigenvalue weighted by molar-refractivity contribution is -0.137. The number of benzene rings is 1. The Bertz CT molecular complexity index is 551. The molecule has 1 N–H and O–H groups in total. The molecule has 1 aromatic carbocycles. The molecule has 0 heterocycles. The number of hydrogen-bond donors (Lipinski definition) is 1. The van der Waals surface area contributed by atoms with E-state index in [1.165, 1.54) is 13.0 Å². The fourth-order valence-corrected chi connectivity index (χ4v) is 3.80. The predicted molar refractivity (Wildman–Crippen MR) is 71.2 cm³/mol. The van der Waals surface area contributed by atoms with Gasteiger partial charge < -0.3 is 5.32 Å². The summed E-state index contributed by atoms with van der Waals surface area (Å²) in [7, 11) is -2.18. The van der Waals surface area contributed by atoms with Crippen LogP contribution < -0.4 is 5.32 Å². The molecule has 2 unspecified atom stereocenters. The molecule has 0 amide bonds. The minimum atomic E-state index is -4.55. The number of nitrogens with one attached hydrogen (secondary N) is 1. The van der Waals surface area contributed by atoms with Gasteiger partial charge in [-0.05, 0) is 38.6 Å². The van der Waals surface area contributed by atoms with E-state index in [1.807, 2.05) is 6.92 Å². The van der Waals surface area contributed by atoms with Gasteiger partial charge in [-0.15, -0.1) is 0 Å². The lowest BCUT2D eigenvalue weighted by Crippen LogP contribution is -2.40. The molecule has 0 bridgehead atoms. The van der Waals surface area contributed by atoms with Crippen molar-refractivity contribution < 1.29 is 21.6 Å². The minimum Gasteiger partial charge on any atom is -0.316 e. The highest BCUT2D eigenvalue weighted by Crippen LogP contribution is 2.31. The van der Waals surface area contributed by atoms with Crippen molar-refractivity contribution >= 4 is 9.84 Å². The van der Waals surface area contributed by atoms with E-state index in [-0.39, 0.29) is 10.9 Å². The summed E-state index contributed by atoms with van der Waals surface area (Å²) in [5, 5.41) is 2.07. The van der Waals surface area contributed by atoms with Crippen molar-refractivity contribution in [2.75, 3.05) is 7.05 Å². The molecular weight excluding hydrogens is 291 g/mol. The number of alkyl halides is 3. The molecule has 0 aliphatic rings.